The van der Waals surface area contributed by atoms with Gasteiger partial charge < -0.3 is 87.9 Å². The lowest BCUT2D eigenvalue weighted by Crippen LogP contribution is -2.54. The summed E-state index contributed by atoms with van der Waals surface area (Å²) in [5, 5.41) is 4.95. The third-order valence-electron chi connectivity index (χ3n) is 25.1. The molecule has 0 aliphatic carbocycles. The van der Waals surface area contributed by atoms with Gasteiger partial charge in [0.05, 0.1) is 81.1 Å². The van der Waals surface area contributed by atoms with Crippen LogP contribution in [0.5, 0.6) is 0 Å². The number of rotatable bonds is 56. The Morgan fingerprint density at radius 3 is 0.628 bits per heavy atom. The number of hydrogen-bond donors (Lipinski definition) is 6. The molecular weight excluding hydrogens is 1820 g/mol. The minimum atomic E-state index is -0.876. The first-order chi connectivity index (χ1) is 65.7. The average Bonchev–Trinajstić information content (AvgIpc) is 0.814. The van der Waals surface area contributed by atoms with Gasteiger partial charge in [-0.05, 0) is 233 Å². The Kier molecular flexibility index (Phi) is 46.0. The predicted molar refractivity (Wildman–Crippen MR) is 538 cm³/mol. The molecule has 137 heavy (non-hydrogen) atoms. The predicted octanol–water partition coefficient (Wildman–Crippen LogP) is 12.8. The van der Waals surface area contributed by atoms with Crippen LogP contribution in [0.1, 0.15) is 200 Å². The normalized spacial score (nSPS) is 12.9. The molecular formula is C104H135Cl4N17O12. The second kappa shape index (κ2) is 56.9. The molecule has 0 fully saturated rings. The smallest absolute Gasteiger partial charge is 0.243 e. The highest BCUT2D eigenvalue weighted by molar-refractivity contribution is 6.31. The number of unbranched alkanes of at least 4 members (excludes halogenated alkanes) is 4. The van der Waals surface area contributed by atoms with Crippen LogP contribution in [0.4, 0.5) is 0 Å². The van der Waals surface area contributed by atoms with Crippen molar-refractivity contribution in [1.29, 1.82) is 0 Å². The van der Waals surface area contributed by atoms with Gasteiger partial charge in [-0.1, -0.05) is 216 Å². The van der Waals surface area contributed by atoms with Crippen LogP contribution in [0.2, 0.25) is 20.1 Å². The Balaban J connectivity index is 1.12. The Morgan fingerprint density at radius 2 is 0.416 bits per heavy atom. The zero-order chi connectivity index (χ0) is 99.8. The first-order valence-electron chi connectivity index (χ1n) is 46.9. The second-order valence-electron chi connectivity index (χ2n) is 34.5. The molecule has 0 unspecified atom stereocenters. The first-order valence-corrected chi connectivity index (χ1v) is 48.4. The molecule has 8 rings (SSSR count). The van der Waals surface area contributed by atoms with Crippen LogP contribution in [0.3, 0.4) is 0 Å². The average molecular weight is 1960 g/mol. The monoisotopic (exact) mass is 1950 g/mol. The van der Waals surface area contributed by atoms with Crippen molar-refractivity contribution in [2.45, 2.75) is 155 Å². The van der Waals surface area contributed by atoms with Crippen LogP contribution in [0.25, 0.3) is 0 Å². The minimum absolute atomic E-state index is 0.00722. The number of amides is 12. The molecule has 0 heterocycles. The number of carbonyl (C=O) groups is 12. The lowest BCUT2D eigenvalue weighted by atomic mass is 10.0. The minimum Gasteiger partial charge on any atom is -0.368 e. The van der Waals surface area contributed by atoms with Gasteiger partial charge >= 0.3 is 0 Å². The maximum atomic E-state index is 16.1. The lowest BCUT2D eigenvalue weighted by Gasteiger charge is -2.38. The first kappa shape index (κ1) is 111. The third kappa shape index (κ3) is 33.9. The van der Waals surface area contributed by atoms with E-state index in [0.29, 0.717) is 123 Å². The van der Waals surface area contributed by atoms with E-state index < -0.39 is 185 Å². The van der Waals surface area contributed by atoms with Gasteiger partial charge in [0.2, 0.25) is 70.9 Å². The van der Waals surface area contributed by atoms with E-state index in [1.165, 1.54) is 53.9 Å². The molecule has 0 saturated heterocycles. The van der Waals surface area contributed by atoms with Gasteiger partial charge in [0.25, 0.3) is 0 Å². The zero-order valence-electron chi connectivity index (χ0n) is 79.9. The van der Waals surface area contributed by atoms with Gasteiger partial charge in [-0.3, -0.25) is 57.5 Å². The summed E-state index contributed by atoms with van der Waals surface area (Å²) in [6.07, 6.45) is 3.68. The van der Waals surface area contributed by atoms with Crippen LogP contribution < -0.4 is 34.0 Å². The summed E-state index contributed by atoms with van der Waals surface area (Å²) in [6, 6.07) is 56.6. The maximum absolute atomic E-state index is 16.1. The molecule has 8 atom stereocenters. The van der Waals surface area contributed by atoms with Gasteiger partial charge in [0.15, 0.2) is 0 Å². The van der Waals surface area contributed by atoms with Gasteiger partial charge in [-0.2, -0.15) is 0 Å². The van der Waals surface area contributed by atoms with Crippen molar-refractivity contribution < 1.29 is 57.5 Å². The fraction of sp³-hybridized carbons (Fsp3) is 0.423. The van der Waals surface area contributed by atoms with E-state index in [-0.39, 0.29) is 51.7 Å². The van der Waals surface area contributed by atoms with E-state index in [9.17, 15) is 14.4 Å². The van der Waals surface area contributed by atoms with Gasteiger partial charge in [-0.15, -0.1) is 0 Å². The Hall–Kier alpha value is -11.6. The lowest BCUT2D eigenvalue weighted by molar-refractivity contribution is -0.152. The van der Waals surface area contributed by atoms with Crippen molar-refractivity contribution in [2.75, 3.05) is 131 Å². The SMILES string of the molecule is C[C@H](c1ccc(Cl)cc1)N(CC(N)=O)C(=O)CN(C(=O)CN(CCCCN)C(=O)CN(C(=O)CN(C(=O)CN(CCCCN)C(=O)CN(C(=O)CN(C(=O)CN(CCCCN)C(=O)CN(C(=O)CN(C(=O)CNCCCCN)[C@H](C)c1ccc(Cl)cc1)[C@H](C)c1ccc(Cl)cc1)[C@H](C)c1ccccc1)[C@H](C)c1ccccc1)[C@H](C)c1ccccc1)[C@H](C)c1ccccc1)[C@H](C)c1ccc(Cl)cc1. The fourth-order valence-electron chi connectivity index (χ4n) is 16.4. The summed E-state index contributed by atoms with van der Waals surface area (Å²) >= 11 is 25.4. The van der Waals surface area contributed by atoms with Crippen LogP contribution in [-0.2, 0) is 57.5 Å². The van der Waals surface area contributed by atoms with E-state index in [1.807, 2.05) is 0 Å². The molecule has 29 nitrogen and oxygen atoms in total. The summed E-state index contributed by atoms with van der Waals surface area (Å²) in [5.74, 6) is -7.80. The molecule has 11 N–H and O–H groups in total. The Bertz CT molecular complexity index is 5140. The standard InChI is InChI=1S/C104H135Cl4N17O12/c1-73(81-29-13-9-14-30-81)120(103(136)72-124(76(4)84-35-19-12-20-36-84)99(132)64-116(59-27-23-55-111)97(130)68-122(79(7)87-41-49-91(107)50-42-87)102(135)69-119(94(127)61-114-57-25-21-53-109)78(6)86-39-47-90(106)48-40-86)66-95(128)115(58-26-22-54-110)63-98(131)123(75(3)83-33-17-11-18-34-83)71-104(137)121(74(2)82-31-15-10-16-32-82)67-96(129)117(60-28-24-56-112)65-100(133)125(80(8)88-43-51-92(108)52-44-88)70-101(134)118(62-93(113)126)77(5)85-37-45-89(105)46-38-85/h9-20,29-52,73-80,114H,21-28,53-72,109-112H2,1-8H3,(H2,113,126)/t73-,74-,75-,76-,77-,78-,79-,80-/m1/s1. The quantitative estimate of drug-likeness (QED) is 0.0193. The van der Waals surface area contributed by atoms with E-state index in [0.717, 1.165) is 6.42 Å². The number of carbonyl (C=O) groups excluding carboxylic acids is 12. The topological polar surface area (TPSA) is 383 Å². The summed E-state index contributed by atoms with van der Waals surface area (Å²) in [5.41, 5.74) is 34.9. The van der Waals surface area contributed by atoms with E-state index >= 15 is 43.2 Å². The molecule has 0 radical (unpaired) electrons. The molecule has 0 spiro atoms. The van der Waals surface area contributed by atoms with Gasteiger partial charge in [0.1, 0.15) is 45.8 Å². The number of nitrogens with one attached hydrogen (secondary N) is 1. The van der Waals surface area contributed by atoms with Crippen molar-refractivity contribution in [3.63, 3.8) is 0 Å². The highest BCUT2D eigenvalue weighted by Gasteiger charge is 2.40. The summed E-state index contributed by atoms with van der Waals surface area (Å²) < 4.78 is 0. The maximum Gasteiger partial charge on any atom is 0.243 e. The van der Waals surface area contributed by atoms with Gasteiger partial charge in [-0.25, -0.2) is 0 Å². The molecule has 33 heteroatoms. The second-order valence-corrected chi connectivity index (χ2v) is 36.2. The molecule has 0 aromatic heterocycles. The Labute approximate surface area is 826 Å². The van der Waals surface area contributed by atoms with Crippen molar-refractivity contribution in [3.8, 4) is 0 Å². The number of halogens is 4. The van der Waals surface area contributed by atoms with Crippen molar-refractivity contribution in [2.24, 2.45) is 28.7 Å². The largest absolute Gasteiger partial charge is 0.368 e. The van der Waals surface area contributed by atoms with Crippen molar-refractivity contribution in [1.82, 2.24) is 59.2 Å². The molecule has 8 aromatic carbocycles. The number of benzene rings is 8. The highest BCUT2D eigenvalue weighted by atomic mass is 35.5. The van der Waals surface area contributed by atoms with Crippen molar-refractivity contribution >= 4 is 117 Å². The molecule has 0 saturated carbocycles. The van der Waals surface area contributed by atoms with Crippen LogP contribution in [0, 0.1) is 0 Å². The highest BCUT2D eigenvalue weighted by Crippen LogP contribution is 2.33. The van der Waals surface area contributed by atoms with Crippen LogP contribution in [0.15, 0.2) is 218 Å². The molecule has 0 bridgehead atoms. The van der Waals surface area contributed by atoms with Crippen LogP contribution >= 0.6 is 46.4 Å². The Morgan fingerprint density at radius 1 is 0.234 bits per heavy atom. The number of hydrogen-bond acceptors (Lipinski definition) is 17. The van der Waals surface area contributed by atoms with Crippen LogP contribution in [-0.4, -0.2) is 256 Å². The number of nitrogens with two attached hydrogens (primary N) is 5. The van der Waals surface area contributed by atoms with E-state index in [1.54, 1.807) is 274 Å². The molecule has 0 aliphatic heterocycles. The summed E-state index contributed by atoms with van der Waals surface area (Å²) in [4.78, 5) is 199. The molecule has 0 aliphatic rings. The molecule has 736 valence electrons. The molecule has 12 amide bonds. The van der Waals surface area contributed by atoms with Crippen molar-refractivity contribution in [3.05, 3.63) is 283 Å². The van der Waals surface area contributed by atoms with E-state index in [4.69, 9.17) is 75.1 Å². The third-order valence-corrected chi connectivity index (χ3v) is 26.1. The molecule has 8 aromatic rings. The number of primary amides is 1. The summed E-state index contributed by atoms with van der Waals surface area (Å²) in [6.45, 7) is 8.94. The van der Waals surface area contributed by atoms with Gasteiger partial charge in [0, 0.05) is 39.7 Å². The fourth-order valence-corrected chi connectivity index (χ4v) is 16.9. The number of nitrogens with zero attached hydrogens (tertiary/aromatic N) is 11. The zero-order valence-corrected chi connectivity index (χ0v) is 82.9. The summed E-state index contributed by atoms with van der Waals surface area (Å²) in [7, 11) is 0. The van der Waals surface area contributed by atoms with E-state index in [2.05, 4.69) is 5.32 Å².